The van der Waals surface area contributed by atoms with Crippen molar-refractivity contribution in [3.63, 3.8) is 0 Å². The molecule has 5 nitrogen and oxygen atoms in total. The highest BCUT2D eigenvalue weighted by Gasteiger charge is 2.25. The van der Waals surface area contributed by atoms with E-state index in [9.17, 15) is 4.79 Å². The first-order chi connectivity index (χ1) is 12.2. The van der Waals surface area contributed by atoms with E-state index in [2.05, 4.69) is 17.3 Å². The normalized spacial score (nSPS) is 13.7. The molecule has 0 fully saturated rings. The molecule has 0 atom stereocenters. The summed E-state index contributed by atoms with van der Waals surface area (Å²) >= 11 is 1.64. The number of thiazole rings is 1. The molecule has 1 aliphatic rings. The van der Waals surface area contributed by atoms with Crippen LogP contribution >= 0.6 is 11.3 Å². The average molecular weight is 360 g/mol. The lowest BCUT2D eigenvalue weighted by molar-refractivity contribution is -0.121. The average Bonchev–Trinajstić information content (AvgIpc) is 3.10. The van der Waals surface area contributed by atoms with Crippen LogP contribution in [0.4, 0.5) is 5.69 Å². The minimum absolute atomic E-state index is 0.0276. The van der Waals surface area contributed by atoms with E-state index in [1.165, 1.54) is 0 Å². The van der Waals surface area contributed by atoms with Crippen molar-refractivity contribution >= 4 is 22.9 Å². The number of ether oxygens (including phenoxy) is 2. The van der Waals surface area contributed by atoms with Crippen molar-refractivity contribution in [1.82, 2.24) is 4.98 Å². The molecule has 1 aliphatic heterocycles. The summed E-state index contributed by atoms with van der Waals surface area (Å²) in [5.74, 6) is 0.800. The summed E-state index contributed by atoms with van der Waals surface area (Å²) in [7, 11) is 1.70. The van der Waals surface area contributed by atoms with Crippen LogP contribution in [0.5, 0.6) is 5.75 Å². The zero-order valence-corrected chi connectivity index (χ0v) is 15.6. The van der Waals surface area contributed by atoms with Crippen molar-refractivity contribution in [1.29, 1.82) is 0 Å². The molecule has 0 N–H and O–H groups in total. The number of aromatic nitrogens is 1. The Morgan fingerprint density at radius 1 is 1.36 bits per heavy atom. The summed E-state index contributed by atoms with van der Waals surface area (Å²) in [6.07, 6.45) is 4.07. The van der Waals surface area contributed by atoms with Crippen LogP contribution in [0.25, 0.3) is 11.3 Å². The Balaban J connectivity index is 1.84. The predicted molar refractivity (Wildman–Crippen MR) is 101 cm³/mol. The molecule has 134 valence electrons. The van der Waals surface area contributed by atoms with Gasteiger partial charge in [-0.2, -0.15) is 0 Å². The number of nitrogens with zero attached hydrogens (tertiary/aromatic N) is 2. The SMILES string of the molecule is CCCCCN1C(=O)COc2ccc(-c3csc(CCOC)n3)cc21. The van der Waals surface area contributed by atoms with Crippen molar-refractivity contribution in [2.24, 2.45) is 0 Å². The van der Waals surface area contributed by atoms with Gasteiger partial charge in [0.05, 0.1) is 23.0 Å². The molecule has 2 aromatic rings. The Morgan fingerprint density at radius 2 is 2.24 bits per heavy atom. The maximum absolute atomic E-state index is 12.3. The fourth-order valence-electron chi connectivity index (χ4n) is 2.87. The summed E-state index contributed by atoms with van der Waals surface area (Å²) in [4.78, 5) is 18.8. The van der Waals surface area contributed by atoms with Gasteiger partial charge in [0.2, 0.25) is 0 Å². The second-order valence-electron chi connectivity index (χ2n) is 6.09. The lowest BCUT2D eigenvalue weighted by Crippen LogP contribution is -2.39. The van der Waals surface area contributed by atoms with Gasteiger partial charge in [0.25, 0.3) is 5.91 Å². The summed E-state index contributed by atoms with van der Waals surface area (Å²) in [6, 6.07) is 5.97. The monoisotopic (exact) mass is 360 g/mol. The molecule has 1 amide bonds. The van der Waals surface area contributed by atoms with Gasteiger partial charge in [-0.1, -0.05) is 19.8 Å². The zero-order valence-electron chi connectivity index (χ0n) is 14.8. The molecule has 0 saturated carbocycles. The molecule has 1 aromatic carbocycles. The minimum Gasteiger partial charge on any atom is -0.482 e. The molecule has 0 saturated heterocycles. The lowest BCUT2D eigenvalue weighted by atomic mass is 10.1. The standard InChI is InChI=1S/C19H24N2O3S/c1-3-4-5-9-21-16-11-14(6-7-17(16)24-12-19(21)22)15-13-25-18(20-15)8-10-23-2/h6-7,11,13H,3-5,8-10,12H2,1-2H3. The summed E-state index contributed by atoms with van der Waals surface area (Å²) < 4.78 is 10.7. The second-order valence-corrected chi connectivity index (χ2v) is 7.04. The third kappa shape index (κ3) is 4.19. The number of anilines is 1. The van der Waals surface area contributed by atoms with E-state index in [0.29, 0.717) is 6.61 Å². The Hall–Kier alpha value is -1.92. The molecule has 0 radical (unpaired) electrons. The van der Waals surface area contributed by atoms with Crippen LogP contribution in [0.2, 0.25) is 0 Å². The Morgan fingerprint density at radius 3 is 3.04 bits per heavy atom. The number of methoxy groups -OCH3 is 1. The van der Waals surface area contributed by atoms with Gasteiger partial charge in [-0.3, -0.25) is 4.79 Å². The van der Waals surface area contributed by atoms with Crippen LogP contribution in [-0.2, 0) is 16.0 Å². The predicted octanol–water partition coefficient (Wildman–Crippen LogP) is 3.91. The van der Waals surface area contributed by atoms with Gasteiger partial charge in [0.15, 0.2) is 6.61 Å². The number of hydrogen-bond donors (Lipinski definition) is 0. The van der Waals surface area contributed by atoms with Crippen molar-refractivity contribution in [3.8, 4) is 17.0 Å². The van der Waals surface area contributed by atoms with Crippen LogP contribution in [0, 0.1) is 0 Å². The van der Waals surface area contributed by atoms with Gasteiger partial charge in [-0.15, -0.1) is 11.3 Å². The summed E-state index contributed by atoms with van der Waals surface area (Å²) in [6.45, 7) is 3.69. The molecular weight excluding hydrogens is 336 g/mol. The molecule has 0 bridgehead atoms. The number of carbonyl (C=O) groups excluding carboxylic acids is 1. The molecule has 6 heteroatoms. The van der Waals surface area contributed by atoms with Gasteiger partial charge in [0, 0.05) is 31.0 Å². The van der Waals surface area contributed by atoms with Gasteiger partial charge < -0.3 is 14.4 Å². The fraction of sp³-hybridized carbons (Fsp3) is 0.474. The number of benzene rings is 1. The number of rotatable bonds is 8. The first kappa shape index (κ1) is 17.9. The second kappa shape index (κ2) is 8.45. The highest BCUT2D eigenvalue weighted by atomic mass is 32.1. The summed E-state index contributed by atoms with van der Waals surface area (Å²) in [5, 5.41) is 3.11. The van der Waals surface area contributed by atoms with E-state index >= 15 is 0 Å². The number of unbranched alkanes of at least 4 members (excludes halogenated alkanes) is 2. The third-order valence-electron chi connectivity index (χ3n) is 4.25. The molecule has 2 heterocycles. The minimum atomic E-state index is 0.0276. The van der Waals surface area contributed by atoms with Crippen LogP contribution in [-0.4, -0.2) is 37.8 Å². The van der Waals surface area contributed by atoms with Crippen molar-refractivity contribution in [3.05, 3.63) is 28.6 Å². The van der Waals surface area contributed by atoms with E-state index in [1.807, 2.05) is 23.1 Å². The lowest BCUT2D eigenvalue weighted by Gasteiger charge is -2.29. The Labute approximate surface area is 152 Å². The molecule has 25 heavy (non-hydrogen) atoms. The maximum atomic E-state index is 12.3. The highest BCUT2D eigenvalue weighted by Crippen LogP contribution is 2.36. The first-order valence-corrected chi connectivity index (χ1v) is 9.61. The molecule has 0 unspecified atom stereocenters. The largest absolute Gasteiger partial charge is 0.482 e. The van der Waals surface area contributed by atoms with E-state index < -0.39 is 0 Å². The highest BCUT2D eigenvalue weighted by molar-refractivity contribution is 7.09. The quantitative estimate of drug-likeness (QED) is 0.670. The number of amides is 1. The van der Waals surface area contributed by atoms with Crippen LogP contribution in [0.15, 0.2) is 23.6 Å². The summed E-state index contributed by atoms with van der Waals surface area (Å²) in [5.41, 5.74) is 2.80. The maximum Gasteiger partial charge on any atom is 0.265 e. The van der Waals surface area contributed by atoms with Crippen molar-refractivity contribution in [2.45, 2.75) is 32.6 Å². The Kier molecular flexibility index (Phi) is 6.04. The molecule has 1 aromatic heterocycles. The third-order valence-corrected chi connectivity index (χ3v) is 5.16. The van der Waals surface area contributed by atoms with Crippen molar-refractivity contribution in [2.75, 3.05) is 31.8 Å². The number of carbonyl (C=O) groups is 1. The topological polar surface area (TPSA) is 51.7 Å². The van der Waals surface area contributed by atoms with E-state index in [1.54, 1.807) is 18.4 Å². The van der Waals surface area contributed by atoms with Crippen molar-refractivity contribution < 1.29 is 14.3 Å². The van der Waals surface area contributed by atoms with Crippen LogP contribution < -0.4 is 9.64 Å². The molecule has 3 rings (SSSR count). The molecule has 0 spiro atoms. The number of fused-ring (bicyclic) bond motifs is 1. The fourth-order valence-corrected chi connectivity index (χ4v) is 3.66. The van der Waals surface area contributed by atoms with Gasteiger partial charge in [-0.05, 0) is 24.6 Å². The van der Waals surface area contributed by atoms with E-state index in [4.69, 9.17) is 9.47 Å². The van der Waals surface area contributed by atoms with Gasteiger partial charge in [0.1, 0.15) is 5.75 Å². The van der Waals surface area contributed by atoms with Gasteiger partial charge >= 0.3 is 0 Å². The first-order valence-electron chi connectivity index (χ1n) is 8.74. The van der Waals surface area contributed by atoms with E-state index in [-0.39, 0.29) is 12.5 Å². The smallest absolute Gasteiger partial charge is 0.265 e. The molecule has 0 aliphatic carbocycles. The molecular formula is C19H24N2O3S. The number of hydrogen-bond acceptors (Lipinski definition) is 5. The Bertz CT molecular complexity index is 729. The van der Waals surface area contributed by atoms with Gasteiger partial charge in [-0.25, -0.2) is 4.98 Å². The van der Waals surface area contributed by atoms with Crippen LogP contribution in [0.1, 0.15) is 31.2 Å². The van der Waals surface area contributed by atoms with E-state index in [0.717, 1.165) is 59.9 Å². The zero-order chi connectivity index (χ0) is 17.6. The van der Waals surface area contributed by atoms with Crippen LogP contribution in [0.3, 0.4) is 0 Å².